The van der Waals surface area contributed by atoms with Crippen molar-refractivity contribution in [3.05, 3.63) is 73.5 Å². The summed E-state index contributed by atoms with van der Waals surface area (Å²) in [6.45, 7) is 3.67. The van der Waals surface area contributed by atoms with Gasteiger partial charge in [0.1, 0.15) is 0 Å². The van der Waals surface area contributed by atoms with Crippen molar-refractivity contribution >= 4 is 31.6 Å². The van der Waals surface area contributed by atoms with Gasteiger partial charge in [-0.15, -0.1) is 0 Å². The van der Waals surface area contributed by atoms with Gasteiger partial charge in [0.25, 0.3) is 15.6 Å². The molecule has 3 aromatic rings. The number of benzene rings is 2. The Morgan fingerprint density at radius 3 is 2.47 bits per heavy atom. The van der Waals surface area contributed by atoms with Gasteiger partial charge >= 0.3 is 0 Å². The van der Waals surface area contributed by atoms with Gasteiger partial charge in [-0.05, 0) is 80.5 Å². The van der Waals surface area contributed by atoms with E-state index in [0.29, 0.717) is 22.5 Å². The number of aryl methyl sites for hydroxylation is 2. The SMILES string of the molecule is Cc1cc(NS(=O)(=O)c2cc(-c3n[nH]c(=O)c4c3CCCC4)ccc2C)ccc1Br. The van der Waals surface area contributed by atoms with Gasteiger partial charge in [0.05, 0.1) is 10.6 Å². The molecule has 1 aromatic heterocycles. The van der Waals surface area contributed by atoms with E-state index in [1.54, 1.807) is 31.2 Å². The van der Waals surface area contributed by atoms with Gasteiger partial charge < -0.3 is 0 Å². The first-order chi connectivity index (χ1) is 14.3. The monoisotopic (exact) mass is 487 g/mol. The number of sulfonamides is 1. The van der Waals surface area contributed by atoms with Gasteiger partial charge in [0.15, 0.2) is 0 Å². The van der Waals surface area contributed by atoms with Crippen molar-refractivity contribution in [1.82, 2.24) is 10.2 Å². The average Bonchev–Trinajstić information content (AvgIpc) is 2.71. The molecule has 8 heteroatoms. The summed E-state index contributed by atoms with van der Waals surface area (Å²) in [6.07, 6.45) is 3.46. The predicted octanol–water partition coefficient (Wildman–Crippen LogP) is 4.50. The molecule has 0 spiro atoms. The zero-order valence-corrected chi connectivity index (χ0v) is 19.2. The minimum Gasteiger partial charge on any atom is -0.280 e. The van der Waals surface area contributed by atoms with Crippen molar-refractivity contribution in [3.63, 3.8) is 0 Å². The number of rotatable bonds is 4. The van der Waals surface area contributed by atoms with Crippen LogP contribution in [0.2, 0.25) is 0 Å². The van der Waals surface area contributed by atoms with Crippen LogP contribution in [0, 0.1) is 13.8 Å². The minimum atomic E-state index is -3.80. The fourth-order valence-electron chi connectivity index (χ4n) is 3.85. The Hall–Kier alpha value is -2.45. The van der Waals surface area contributed by atoms with Crippen molar-refractivity contribution in [1.29, 1.82) is 0 Å². The molecule has 0 amide bonds. The summed E-state index contributed by atoms with van der Waals surface area (Å²) in [5, 5.41) is 6.84. The van der Waals surface area contributed by atoms with Crippen LogP contribution in [0.4, 0.5) is 5.69 Å². The number of nitrogens with one attached hydrogen (secondary N) is 2. The molecule has 30 heavy (non-hydrogen) atoms. The zero-order valence-electron chi connectivity index (χ0n) is 16.8. The molecular weight excluding hydrogens is 466 g/mol. The molecular formula is C22H22BrN3O3S. The second-order valence-corrected chi connectivity index (χ2v) is 10.1. The highest BCUT2D eigenvalue weighted by Gasteiger charge is 2.22. The standard InChI is InChI=1S/C22H22BrN3O3S/c1-13-7-8-15(21-17-5-3-4-6-18(17)22(27)25-24-21)12-20(13)30(28,29)26-16-9-10-19(23)14(2)11-16/h7-12,26H,3-6H2,1-2H3,(H,25,27). The topological polar surface area (TPSA) is 91.9 Å². The van der Waals surface area contributed by atoms with E-state index in [0.717, 1.165) is 46.8 Å². The van der Waals surface area contributed by atoms with Gasteiger partial charge in [-0.1, -0.05) is 28.1 Å². The van der Waals surface area contributed by atoms with Crippen LogP contribution in [0.3, 0.4) is 0 Å². The lowest BCUT2D eigenvalue weighted by atomic mass is 9.90. The smallest absolute Gasteiger partial charge is 0.267 e. The number of nitrogens with zero attached hydrogens (tertiary/aromatic N) is 1. The lowest BCUT2D eigenvalue weighted by molar-refractivity contribution is 0.600. The third-order valence-corrected chi connectivity index (χ3v) is 7.87. The quantitative estimate of drug-likeness (QED) is 0.566. The fraction of sp³-hybridized carbons (Fsp3) is 0.273. The first-order valence-corrected chi connectivity index (χ1v) is 12.0. The Bertz CT molecular complexity index is 1300. The molecule has 1 aliphatic rings. The van der Waals surface area contributed by atoms with E-state index in [4.69, 9.17) is 0 Å². The summed E-state index contributed by atoms with van der Waals surface area (Å²) >= 11 is 3.43. The molecule has 2 aromatic carbocycles. The molecule has 0 bridgehead atoms. The van der Waals surface area contributed by atoms with Gasteiger partial charge in [0, 0.05) is 21.3 Å². The number of halogens is 1. The van der Waals surface area contributed by atoms with Crippen molar-refractivity contribution in [2.24, 2.45) is 0 Å². The second kappa shape index (κ2) is 8.00. The Labute approximate surface area is 183 Å². The predicted molar refractivity (Wildman–Crippen MR) is 121 cm³/mol. The van der Waals surface area contributed by atoms with Crippen LogP contribution < -0.4 is 10.3 Å². The van der Waals surface area contributed by atoms with E-state index in [2.05, 4.69) is 30.8 Å². The van der Waals surface area contributed by atoms with Crippen molar-refractivity contribution < 1.29 is 8.42 Å². The van der Waals surface area contributed by atoms with Crippen molar-refractivity contribution in [2.75, 3.05) is 4.72 Å². The second-order valence-electron chi connectivity index (χ2n) is 7.62. The molecule has 0 saturated carbocycles. The molecule has 0 saturated heterocycles. The molecule has 0 fully saturated rings. The van der Waals surface area contributed by atoms with Crippen LogP contribution in [0.15, 0.2) is 50.6 Å². The maximum Gasteiger partial charge on any atom is 0.267 e. The number of hydrogen-bond acceptors (Lipinski definition) is 4. The Balaban J connectivity index is 1.77. The van der Waals surface area contributed by atoms with Gasteiger partial charge in [0.2, 0.25) is 0 Å². The lowest BCUT2D eigenvalue weighted by Gasteiger charge is -2.18. The van der Waals surface area contributed by atoms with Gasteiger partial charge in [-0.25, -0.2) is 13.5 Å². The van der Waals surface area contributed by atoms with Crippen LogP contribution in [0.5, 0.6) is 0 Å². The Morgan fingerprint density at radius 1 is 1.00 bits per heavy atom. The maximum atomic E-state index is 13.1. The normalized spacial score (nSPS) is 13.7. The van der Waals surface area contributed by atoms with E-state index >= 15 is 0 Å². The van der Waals surface area contributed by atoms with Gasteiger partial charge in [-0.2, -0.15) is 5.10 Å². The first-order valence-electron chi connectivity index (χ1n) is 9.77. The molecule has 1 heterocycles. The number of hydrogen-bond donors (Lipinski definition) is 2. The van der Waals surface area contributed by atoms with Crippen LogP contribution >= 0.6 is 15.9 Å². The van der Waals surface area contributed by atoms with Crippen LogP contribution in [0.1, 0.15) is 35.1 Å². The third kappa shape index (κ3) is 3.94. The summed E-state index contributed by atoms with van der Waals surface area (Å²) in [5.41, 5.74) is 4.94. The largest absolute Gasteiger partial charge is 0.280 e. The summed E-state index contributed by atoms with van der Waals surface area (Å²) in [7, 11) is -3.80. The number of H-pyrrole nitrogens is 1. The summed E-state index contributed by atoms with van der Waals surface area (Å²) in [6, 6.07) is 10.6. The Morgan fingerprint density at radius 2 is 1.73 bits per heavy atom. The minimum absolute atomic E-state index is 0.152. The number of aromatic nitrogens is 2. The highest BCUT2D eigenvalue weighted by molar-refractivity contribution is 9.10. The number of aromatic amines is 1. The van der Waals surface area contributed by atoms with Crippen LogP contribution in [0.25, 0.3) is 11.3 Å². The van der Waals surface area contributed by atoms with E-state index in [1.807, 2.05) is 19.1 Å². The molecule has 1 aliphatic carbocycles. The van der Waals surface area contributed by atoms with Crippen LogP contribution in [-0.2, 0) is 22.9 Å². The highest BCUT2D eigenvalue weighted by Crippen LogP contribution is 2.31. The van der Waals surface area contributed by atoms with E-state index in [1.165, 1.54) is 0 Å². The number of fused-ring (bicyclic) bond motifs is 1. The molecule has 0 radical (unpaired) electrons. The van der Waals surface area contributed by atoms with Crippen molar-refractivity contribution in [3.8, 4) is 11.3 Å². The molecule has 0 atom stereocenters. The maximum absolute atomic E-state index is 13.1. The average molecular weight is 488 g/mol. The lowest BCUT2D eigenvalue weighted by Crippen LogP contribution is -2.21. The molecule has 0 aliphatic heterocycles. The van der Waals surface area contributed by atoms with E-state index < -0.39 is 10.0 Å². The summed E-state index contributed by atoms with van der Waals surface area (Å²) in [5.74, 6) is 0. The Kier molecular flexibility index (Phi) is 5.55. The molecule has 2 N–H and O–H groups in total. The fourth-order valence-corrected chi connectivity index (χ4v) is 5.42. The van der Waals surface area contributed by atoms with Crippen LogP contribution in [-0.4, -0.2) is 18.6 Å². The first kappa shape index (κ1) is 20.8. The number of anilines is 1. The highest BCUT2D eigenvalue weighted by atomic mass is 79.9. The molecule has 156 valence electrons. The van der Waals surface area contributed by atoms with Crippen molar-refractivity contribution in [2.45, 2.75) is 44.4 Å². The molecule has 4 rings (SSSR count). The molecule has 6 nitrogen and oxygen atoms in total. The van der Waals surface area contributed by atoms with E-state index in [9.17, 15) is 13.2 Å². The van der Waals surface area contributed by atoms with Gasteiger partial charge in [-0.3, -0.25) is 9.52 Å². The van der Waals surface area contributed by atoms with E-state index in [-0.39, 0.29) is 10.5 Å². The summed E-state index contributed by atoms with van der Waals surface area (Å²) in [4.78, 5) is 12.3. The molecule has 0 unspecified atom stereocenters. The summed E-state index contributed by atoms with van der Waals surface area (Å²) < 4.78 is 29.9. The zero-order chi connectivity index (χ0) is 21.5. The third-order valence-electron chi connectivity index (χ3n) is 5.46.